The first-order valence-corrected chi connectivity index (χ1v) is 19.1. The van der Waals surface area contributed by atoms with Crippen molar-refractivity contribution in [3.05, 3.63) is 192 Å². The van der Waals surface area contributed by atoms with E-state index in [1.54, 1.807) is 69.8 Å². The summed E-state index contributed by atoms with van der Waals surface area (Å²) in [5.41, 5.74) is 7.10. The number of para-hydroxylation sites is 2. The SMILES string of the molecule is N#Cc1cccc(-c2cc(-n3c4ccccc4c4cc(-c5cccc(C#N)c5)ccc43)c(C(F)(F)F)c(-n3c4ccccc4c4cc(-c5cccc(C#N)c5)ccc43)c2)c1. The van der Waals surface area contributed by atoms with Crippen molar-refractivity contribution >= 4 is 43.6 Å². The molecule has 0 saturated heterocycles. The van der Waals surface area contributed by atoms with E-state index in [1.165, 1.54) is 0 Å². The van der Waals surface area contributed by atoms with E-state index in [-0.39, 0.29) is 11.4 Å². The molecule has 282 valence electrons. The summed E-state index contributed by atoms with van der Waals surface area (Å²) >= 11 is 0. The molecule has 0 radical (unpaired) electrons. The Balaban J connectivity index is 1.32. The van der Waals surface area contributed by atoms with Gasteiger partial charge in [-0.2, -0.15) is 29.0 Å². The van der Waals surface area contributed by atoms with Crippen molar-refractivity contribution in [2.75, 3.05) is 0 Å². The summed E-state index contributed by atoms with van der Waals surface area (Å²) in [4.78, 5) is 0. The van der Waals surface area contributed by atoms with Crippen molar-refractivity contribution < 1.29 is 13.2 Å². The quantitative estimate of drug-likeness (QED) is 0.174. The first-order valence-electron chi connectivity index (χ1n) is 19.1. The number of hydrogen-bond donors (Lipinski definition) is 0. The molecule has 0 spiro atoms. The maximum atomic E-state index is 16.3. The second-order valence-electron chi connectivity index (χ2n) is 14.6. The third-order valence-corrected chi connectivity index (χ3v) is 11.2. The van der Waals surface area contributed by atoms with Crippen molar-refractivity contribution in [2.24, 2.45) is 0 Å². The van der Waals surface area contributed by atoms with Crippen LogP contribution in [0.1, 0.15) is 22.3 Å². The van der Waals surface area contributed by atoms with Crippen LogP contribution in [0, 0.1) is 34.0 Å². The van der Waals surface area contributed by atoms with Gasteiger partial charge in [-0.1, -0.05) is 84.9 Å². The molecule has 0 amide bonds. The summed E-state index contributed by atoms with van der Waals surface area (Å²) in [6, 6.07) is 57.3. The van der Waals surface area contributed by atoms with Gasteiger partial charge in [-0.3, -0.25) is 0 Å². The lowest BCUT2D eigenvalue weighted by Crippen LogP contribution is -2.16. The van der Waals surface area contributed by atoms with E-state index in [2.05, 4.69) is 18.2 Å². The van der Waals surface area contributed by atoms with Gasteiger partial charge in [0, 0.05) is 21.5 Å². The number of benzene rings is 8. The highest BCUT2D eigenvalue weighted by Gasteiger charge is 2.39. The first-order chi connectivity index (χ1) is 29.2. The second kappa shape index (κ2) is 13.9. The van der Waals surface area contributed by atoms with E-state index in [9.17, 15) is 15.8 Å². The fraction of sp³-hybridized carbons (Fsp3) is 0.0192. The summed E-state index contributed by atoms with van der Waals surface area (Å²) in [5.74, 6) is 0. The molecule has 5 nitrogen and oxygen atoms in total. The molecule has 2 aromatic heterocycles. The summed E-state index contributed by atoms with van der Waals surface area (Å²) < 4.78 is 52.4. The van der Waals surface area contributed by atoms with Crippen LogP contribution in [0.25, 0.3) is 88.4 Å². The van der Waals surface area contributed by atoms with Gasteiger partial charge in [0.15, 0.2) is 0 Å². The zero-order valence-electron chi connectivity index (χ0n) is 31.5. The second-order valence-corrected chi connectivity index (χ2v) is 14.6. The highest BCUT2D eigenvalue weighted by molar-refractivity contribution is 6.12. The lowest BCUT2D eigenvalue weighted by atomic mass is 9.97. The average molecular weight is 780 g/mol. The molecule has 0 aliphatic rings. The normalized spacial score (nSPS) is 11.5. The van der Waals surface area contributed by atoms with Gasteiger partial charge >= 0.3 is 6.18 Å². The number of rotatable bonds is 5. The Morgan fingerprint density at radius 1 is 0.350 bits per heavy atom. The third kappa shape index (κ3) is 5.85. The molecule has 10 aromatic rings. The number of alkyl halides is 3. The molecule has 0 N–H and O–H groups in total. The first kappa shape index (κ1) is 36.0. The number of fused-ring (bicyclic) bond motifs is 6. The number of nitriles is 3. The number of halogens is 3. The van der Waals surface area contributed by atoms with Crippen LogP contribution < -0.4 is 0 Å². The molecule has 2 heterocycles. The Morgan fingerprint density at radius 3 is 1.12 bits per heavy atom. The van der Waals surface area contributed by atoms with Crippen LogP contribution in [0.2, 0.25) is 0 Å². The summed E-state index contributed by atoms with van der Waals surface area (Å²) in [7, 11) is 0. The van der Waals surface area contributed by atoms with Crippen molar-refractivity contribution in [1.82, 2.24) is 9.13 Å². The smallest absolute Gasteiger partial charge is 0.309 e. The standard InChI is InChI=1S/C52H28F3N5/c53-52(54,55)51-49(59-45-16-3-1-14-41(45)43-25-38(18-20-47(43)59)35-11-5-8-32(22-35)29-56)27-40(37-13-7-10-34(24-37)31-58)28-50(51)60-46-17-4-2-15-42(46)44-26-39(19-21-48(44)60)36-12-6-9-33(23-36)30-57/h1-28H. The number of hydrogen-bond acceptors (Lipinski definition) is 3. The average Bonchev–Trinajstić information content (AvgIpc) is 3.80. The van der Waals surface area contributed by atoms with E-state index in [1.807, 2.05) is 109 Å². The predicted molar refractivity (Wildman–Crippen MR) is 231 cm³/mol. The van der Waals surface area contributed by atoms with E-state index in [0.29, 0.717) is 49.9 Å². The molecule has 0 saturated carbocycles. The number of aromatic nitrogens is 2. The Bertz CT molecular complexity index is 3330. The summed E-state index contributed by atoms with van der Waals surface area (Å²) in [6.45, 7) is 0. The van der Waals surface area contributed by atoms with Gasteiger partial charge in [-0.05, 0) is 118 Å². The van der Waals surface area contributed by atoms with Crippen LogP contribution in [-0.4, -0.2) is 9.13 Å². The maximum absolute atomic E-state index is 16.3. The van der Waals surface area contributed by atoms with Gasteiger partial charge in [0.1, 0.15) is 5.56 Å². The topological polar surface area (TPSA) is 81.2 Å². The van der Waals surface area contributed by atoms with Gasteiger partial charge in [-0.25, -0.2) is 0 Å². The third-order valence-electron chi connectivity index (χ3n) is 11.2. The Labute approximate surface area is 341 Å². The van der Waals surface area contributed by atoms with E-state index < -0.39 is 11.7 Å². The molecule has 0 aliphatic carbocycles. The molecule has 0 fully saturated rings. The molecule has 10 rings (SSSR count). The molecular formula is C52H28F3N5. The minimum atomic E-state index is -4.84. The summed E-state index contributed by atoms with van der Waals surface area (Å²) in [6.07, 6.45) is -4.84. The van der Waals surface area contributed by atoms with E-state index >= 15 is 13.2 Å². The lowest BCUT2D eigenvalue weighted by Gasteiger charge is -2.23. The fourth-order valence-electron chi connectivity index (χ4n) is 8.55. The van der Waals surface area contributed by atoms with E-state index in [4.69, 9.17) is 0 Å². The highest BCUT2D eigenvalue weighted by Crippen LogP contribution is 2.47. The zero-order chi connectivity index (χ0) is 41.1. The Hall–Kier alpha value is -8.38. The van der Waals surface area contributed by atoms with Gasteiger partial charge in [0.25, 0.3) is 0 Å². The van der Waals surface area contributed by atoms with Crippen molar-refractivity contribution in [1.29, 1.82) is 15.8 Å². The van der Waals surface area contributed by atoms with Gasteiger partial charge in [0.2, 0.25) is 0 Å². The van der Waals surface area contributed by atoms with Gasteiger partial charge < -0.3 is 9.13 Å². The van der Waals surface area contributed by atoms with Gasteiger partial charge in [0.05, 0.1) is 68.3 Å². The van der Waals surface area contributed by atoms with Crippen molar-refractivity contribution in [2.45, 2.75) is 6.18 Å². The number of nitrogens with zero attached hydrogens (tertiary/aromatic N) is 5. The highest BCUT2D eigenvalue weighted by atomic mass is 19.4. The van der Waals surface area contributed by atoms with Crippen LogP contribution >= 0.6 is 0 Å². The zero-order valence-corrected chi connectivity index (χ0v) is 31.5. The van der Waals surface area contributed by atoms with Crippen LogP contribution in [0.15, 0.2) is 170 Å². The molecule has 8 heteroatoms. The van der Waals surface area contributed by atoms with Crippen LogP contribution in [-0.2, 0) is 6.18 Å². The van der Waals surface area contributed by atoms with Crippen LogP contribution in [0.5, 0.6) is 0 Å². The molecule has 0 unspecified atom stereocenters. The molecule has 8 aromatic carbocycles. The molecule has 0 bridgehead atoms. The lowest BCUT2D eigenvalue weighted by molar-refractivity contribution is -0.137. The van der Waals surface area contributed by atoms with Gasteiger partial charge in [-0.15, -0.1) is 0 Å². The van der Waals surface area contributed by atoms with E-state index in [0.717, 1.165) is 43.8 Å². The molecule has 0 atom stereocenters. The van der Waals surface area contributed by atoms with Crippen LogP contribution in [0.3, 0.4) is 0 Å². The Morgan fingerprint density at radius 2 is 0.717 bits per heavy atom. The monoisotopic (exact) mass is 779 g/mol. The molecule has 60 heavy (non-hydrogen) atoms. The predicted octanol–water partition coefficient (Wildman–Crippen LogP) is 13.5. The minimum absolute atomic E-state index is 0.0707. The fourth-order valence-corrected chi connectivity index (χ4v) is 8.55. The Kier molecular flexibility index (Phi) is 8.35. The van der Waals surface area contributed by atoms with Crippen molar-refractivity contribution in [3.8, 4) is 63.0 Å². The molecular weight excluding hydrogens is 752 g/mol. The molecule has 0 aliphatic heterocycles. The summed E-state index contributed by atoms with van der Waals surface area (Å²) in [5, 5.41) is 32.1. The van der Waals surface area contributed by atoms with Crippen molar-refractivity contribution in [3.63, 3.8) is 0 Å². The van der Waals surface area contributed by atoms with Crippen LogP contribution in [0.4, 0.5) is 13.2 Å². The maximum Gasteiger partial charge on any atom is 0.420 e. The minimum Gasteiger partial charge on any atom is -0.309 e. The largest absolute Gasteiger partial charge is 0.420 e.